The Morgan fingerprint density at radius 2 is 2.10 bits per heavy atom. The first-order valence-electron chi connectivity index (χ1n) is 6.09. The van der Waals surface area contributed by atoms with Crippen LogP contribution in [0.1, 0.15) is 10.6 Å². The van der Waals surface area contributed by atoms with Crippen LogP contribution in [0.5, 0.6) is 5.88 Å². The SMILES string of the molecule is COc1nc(N(C)C)sc1CNc1ccc(Br)nc1C. The summed E-state index contributed by atoms with van der Waals surface area (Å²) in [5.74, 6) is 0.675. The number of rotatable bonds is 5. The normalized spacial score (nSPS) is 10.4. The van der Waals surface area contributed by atoms with E-state index in [-0.39, 0.29) is 0 Å². The number of ether oxygens (including phenoxy) is 1. The molecule has 0 unspecified atom stereocenters. The maximum absolute atomic E-state index is 5.32. The summed E-state index contributed by atoms with van der Waals surface area (Å²) < 4.78 is 6.16. The van der Waals surface area contributed by atoms with Crippen molar-refractivity contribution in [2.24, 2.45) is 0 Å². The minimum atomic E-state index is 0.666. The molecule has 0 fully saturated rings. The van der Waals surface area contributed by atoms with Crippen LogP contribution >= 0.6 is 27.3 Å². The van der Waals surface area contributed by atoms with Crippen molar-refractivity contribution >= 4 is 38.1 Å². The van der Waals surface area contributed by atoms with Gasteiger partial charge in [0.2, 0.25) is 5.88 Å². The third kappa shape index (κ3) is 3.40. The average Bonchev–Trinajstić information content (AvgIpc) is 2.81. The number of pyridine rings is 1. The molecule has 5 nitrogen and oxygen atoms in total. The summed E-state index contributed by atoms with van der Waals surface area (Å²) in [5.41, 5.74) is 1.96. The number of anilines is 2. The Labute approximate surface area is 131 Å². The lowest BCUT2D eigenvalue weighted by molar-refractivity contribution is 0.397. The first kappa shape index (κ1) is 15.1. The number of nitrogens with one attached hydrogen (secondary N) is 1. The smallest absolute Gasteiger partial charge is 0.231 e. The van der Waals surface area contributed by atoms with E-state index in [0.717, 1.165) is 26.0 Å². The molecule has 0 bridgehead atoms. The predicted molar refractivity (Wildman–Crippen MR) is 87.0 cm³/mol. The number of aryl methyl sites for hydroxylation is 1. The van der Waals surface area contributed by atoms with Gasteiger partial charge in [-0.15, -0.1) is 0 Å². The molecule has 108 valence electrons. The van der Waals surface area contributed by atoms with Crippen molar-refractivity contribution in [1.82, 2.24) is 9.97 Å². The molecular weight excluding hydrogens is 340 g/mol. The molecule has 2 aromatic rings. The predicted octanol–water partition coefficient (Wildman–Crippen LogP) is 3.30. The molecule has 0 spiro atoms. The van der Waals surface area contributed by atoms with Gasteiger partial charge in [0.15, 0.2) is 5.13 Å². The van der Waals surface area contributed by atoms with E-state index < -0.39 is 0 Å². The Bertz CT molecular complexity index is 600. The zero-order valence-corrected chi connectivity index (χ0v) is 14.3. The lowest BCUT2D eigenvalue weighted by atomic mass is 10.3. The van der Waals surface area contributed by atoms with Crippen molar-refractivity contribution in [2.45, 2.75) is 13.5 Å². The number of hydrogen-bond acceptors (Lipinski definition) is 6. The molecule has 2 aromatic heterocycles. The Morgan fingerprint density at radius 1 is 1.35 bits per heavy atom. The van der Waals surface area contributed by atoms with Crippen LogP contribution in [-0.2, 0) is 6.54 Å². The third-order valence-electron chi connectivity index (χ3n) is 2.72. The van der Waals surface area contributed by atoms with Crippen LogP contribution in [0.2, 0.25) is 0 Å². The Hall–Kier alpha value is -1.34. The van der Waals surface area contributed by atoms with Crippen LogP contribution in [-0.4, -0.2) is 31.2 Å². The maximum atomic E-state index is 5.32. The summed E-state index contributed by atoms with van der Waals surface area (Å²) in [6.07, 6.45) is 0. The van der Waals surface area contributed by atoms with E-state index >= 15 is 0 Å². The fourth-order valence-electron chi connectivity index (χ4n) is 1.68. The molecule has 0 amide bonds. The van der Waals surface area contributed by atoms with Gasteiger partial charge in [-0.2, -0.15) is 4.98 Å². The summed E-state index contributed by atoms with van der Waals surface area (Å²) in [6.45, 7) is 2.64. The maximum Gasteiger partial charge on any atom is 0.231 e. The van der Waals surface area contributed by atoms with Crippen molar-refractivity contribution in [3.05, 3.63) is 27.3 Å². The lowest BCUT2D eigenvalue weighted by Crippen LogP contribution is -2.07. The Balaban J connectivity index is 2.14. The first-order chi connectivity index (χ1) is 9.51. The van der Waals surface area contributed by atoms with Gasteiger partial charge in [0, 0.05) is 14.1 Å². The summed E-state index contributed by atoms with van der Waals surface area (Å²) in [6, 6.07) is 3.93. The molecule has 0 saturated carbocycles. The quantitative estimate of drug-likeness (QED) is 0.833. The van der Waals surface area contributed by atoms with Gasteiger partial charge in [0.05, 0.1) is 29.9 Å². The zero-order chi connectivity index (χ0) is 14.7. The van der Waals surface area contributed by atoms with Gasteiger partial charge in [0.25, 0.3) is 0 Å². The Kier molecular flexibility index (Phi) is 4.82. The molecule has 20 heavy (non-hydrogen) atoms. The van der Waals surface area contributed by atoms with Crippen molar-refractivity contribution < 1.29 is 4.74 Å². The van der Waals surface area contributed by atoms with Crippen molar-refractivity contribution in [2.75, 3.05) is 31.4 Å². The number of thiazole rings is 1. The van der Waals surface area contributed by atoms with E-state index in [4.69, 9.17) is 4.74 Å². The fourth-order valence-corrected chi connectivity index (χ4v) is 2.97. The zero-order valence-electron chi connectivity index (χ0n) is 11.9. The van der Waals surface area contributed by atoms with Crippen LogP contribution in [0.3, 0.4) is 0 Å². The molecule has 0 aliphatic heterocycles. The van der Waals surface area contributed by atoms with E-state index in [9.17, 15) is 0 Å². The van der Waals surface area contributed by atoms with Crippen LogP contribution in [0.4, 0.5) is 10.8 Å². The summed E-state index contributed by atoms with van der Waals surface area (Å²) in [4.78, 5) is 11.8. The fraction of sp³-hybridized carbons (Fsp3) is 0.385. The van der Waals surface area contributed by atoms with Gasteiger partial charge in [-0.25, -0.2) is 4.98 Å². The molecular formula is C13H17BrN4OS. The average molecular weight is 357 g/mol. The van der Waals surface area contributed by atoms with Crippen LogP contribution in [0, 0.1) is 6.92 Å². The number of hydrogen-bond donors (Lipinski definition) is 1. The highest BCUT2D eigenvalue weighted by Crippen LogP contribution is 2.31. The van der Waals surface area contributed by atoms with Crippen LogP contribution < -0.4 is 15.0 Å². The molecule has 1 N–H and O–H groups in total. The molecule has 7 heteroatoms. The first-order valence-corrected chi connectivity index (χ1v) is 7.70. The number of nitrogens with zero attached hydrogens (tertiary/aromatic N) is 3. The van der Waals surface area contributed by atoms with Crippen LogP contribution in [0.25, 0.3) is 0 Å². The summed E-state index contributed by atoms with van der Waals surface area (Å²) in [7, 11) is 5.58. The lowest BCUT2D eigenvalue weighted by Gasteiger charge is -2.08. The minimum Gasteiger partial charge on any atom is -0.480 e. The second-order valence-electron chi connectivity index (χ2n) is 4.44. The Morgan fingerprint density at radius 3 is 2.70 bits per heavy atom. The highest BCUT2D eigenvalue weighted by atomic mass is 79.9. The van der Waals surface area contributed by atoms with E-state index in [0.29, 0.717) is 12.4 Å². The van der Waals surface area contributed by atoms with Gasteiger partial charge < -0.3 is 15.0 Å². The van der Waals surface area contributed by atoms with E-state index in [2.05, 4.69) is 31.2 Å². The van der Waals surface area contributed by atoms with Gasteiger partial charge in [-0.1, -0.05) is 11.3 Å². The molecule has 2 heterocycles. The summed E-state index contributed by atoms with van der Waals surface area (Å²) in [5, 5.41) is 4.31. The van der Waals surface area contributed by atoms with Crippen molar-refractivity contribution in [3.8, 4) is 5.88 Å². The van der Waals surface area contributed by atoms with E-state index in [1.54, 1.807) is 18.4 Å². The second-order valence-corrected chi connectivity index (χ2v) is 6.32. The van der Waals surface area contributed by atoms with Crippen molar-refractivity contribution in [3.63, 3.8) is 0 Å². The highest BCUT2D eigenvalue weighted by molar-refractivity contribution is 9.10. The van der Waals surface area contributed by atoms with E-state index in [1.165, 1.54) is 0 Å². The van der Waals surface area contributed by atoms with Crippen molar-refractivity contribution in [1.29, 1.82) is 0 Å². The number of halogens is 1. The van der Waals surface area contributed by atoms with E-state index in [1.807, 2.05) is 38.1 Å². The van der Waals surface area contributed by atoms with Gasteiger partial charge in [0.1, 0.15) is 4.60 Å². The summed E-state index contributed by atoms with van der Waals surface area (Å²) >= 11 is 4.98. The molecule has 0 radical (unpaired) electrons. The van der Waals surface area contributed by atoms with Gasteiger partial charge >= 0.3 is 0 Å². The molecule has 0 aliphatic rings. The third-order valence-corrected chi connectivity index (χ3v) is 4.36. The standard InChI is InChI=1S/C13H17BrN4OS/c1-8-9(5-6-11(14)16-8)15-7-10-12(19-4)17-13(20-10)18(2)3/h5-6,15H,7H2,1-4H3. The molecule has 0 atom stereocenters. The number of aromatic nitrogens is 2. The molecule has 2 rings (SSSR count). The monoisotopic (exact) mass is 356 g/mol. The molecule has 0 saturated heterocycles. The topological polar surface area (TPSA) is 50.3 Å². The molecule has 0 aliphatic carbocycles. The highest BCUT2D eigenvalue weighted by Gasteiger charge is 2.13. The number of methoxy groups -OCH3 is 1. The largest absolute Gasteiger partial charge is 0.480 e. The minimum absolute atomic E-state index is 0.666. The second kappa shape index (κ2) is 6.41. The molecule has 0 aromatic carbocycles. The van der Waals surface area contributed by atoms with Gasteiger partial charge in [-0.05, 0) is 35.0 Å². The van der Waals surface area contributed by atoms with Crippen LogP contribution in [0.15, 0.2) is 16.7 Å². The van der Waals surface area contributed by atoms with Gasteiger partial charge in [-0.3, -0.25) is 0 Å².